The highest BCUT2D eigenvalue weighted by atomic mass is 19.1. The molecule has 2 aliphatic heterocycles. The highest BCUT2D eigenvalue weighted by Gasteiger charge is 2.26. The molecule has 2 heterocycles. The average Bonchev–Trinajstić information content (AvgIpc) is 3.07. The van der Waals surface area contributed by atoms with Gasteiger partial charge in [-0.15, -0.1) is 0 Å². The van der Waals surface area contributed by atoms with Gasteiger partial charge in [0.1, 0.15) is 17.7 Å². The molecule has 0 bridgehead atoms. The van der Waals surface area contributed by atoms with Gasteiger partial charge in [0.15, 0.2) is 0 Å². The molecule has 0 radical (unpaired) electrons. The van der Waals surface area contributed by atoms with Gasteiger partial charge in [-0.3, -0.25) is 4.90 Å². The zero-order valence-corrected chi connectivity index (χ0v) is 12.8. The number of benzene rings is 1. The minimum absolute atomic E-state index is 0.162. The molecule has 0 amide bonds. The van der Waals surface area contributed by atoms with Crippen molar-refractivity contribution in [3.05, 3.63) is 29.6 Å². The van der Waals surface area contributed by atoms with Crippen LogP contribution in [-0.4, -0.2) is 43.2 Å². The first kappa shape index (κ1) is 14.8. The van der Waals surface area contributed by atoms with Crippen molar-refractivity contribution in [2.75, 3.05) is 26.2 Å². The molecule has 2 atom stereocenters. The van der Waals surface area contributed by atoms with Crippen molar-refractivity contribution in [1.82, 2.24) is 10.2 Å². The van der Waals surface area contributed by atoms with E-state index in [2.05, 4.69) is 17.1 Å². The van der Waals surface area contributed by atoms with Gasteiger partial charge in [0.05, 0.1) is 0 Å². The number of rotatable bonds is 6. The summed E-state index contributed by atoms with van der Waals surface area (Å²) in [6.45, 7) is 6.49. The zero-order valence-electron chi connectivity index (χ0n) is 12.8. The summed E-state index contributed by atoms with van der Waals surface area (Å²) in [5.41, 5.74) is 1.01. The van der Waals surface area contributed by atoms with E-state index in [1.54, 1.807) is 12.1 Å². The molecule has 1 aromatic rings. The minimum Gasteiger partial charge on any atom is -0.488 e. The Hall–Kier alpha value is -1.13. The molecule has 3 rings (SSSR count). The lowest BCUT2D eigenvalue weighted by atomic mass is 10.1. The topological polar surface area (TPSA) is 24.5 Å². The molecular weight excluding hydrogens is 267 g/mol. The Morgan fingerprint density at radius 3 is 3.05 bits per heavy atom. The van der Waals surface area contributed by atoms with E-state index in [-0.39, 0.29) is 11.9 Å². The Bertz CT molecular complexity index is 474. The van der Waals surface area contributed by atoms with E-state index in [4.69, 9.17) is 4.74 Å². The van der Waals surface area contributed by atoms with Crippen LogP contribution < -0.4 is 10.1 Å². The van der Waals surface area contributed by atoms with E-state index in [9.17, 15) is 4.39 Å². The van der Waals surface area contributed by atoms with E-state index < -0.39 is 0 Å². The van der Waals surface area contributed by atoms with Crippen molar-refractivity contribution in [2.45, 2.75) is 44.8 Å². The van der Waals surface area contributed by atoms with Gasteiger partial charge in [0.2, 0.25) is 0 Å². The van der Waals surface area contributed by atoms with Crippen LogP contribution in [0, 0.1) is 5.82 Å². The molecule has 2 unspecified atom stereocenters. The van der Waals surface area contributed by atoms with Crippen molar-refractivity contribution in [3.63, 3.8) is 0 Å². The van der Waals surface area contributed by atoms with Crippen LogP contribution in [0.2, 0.25) is 0 Å². The number of hydrogen-bond acceptors (Lipinski definition) is 3. The van der Waals surface area contributed by atoms with Gasteiger partial charge in [0.25, 0.3) is 0 Å². The maximum absolute atomic E-state index is 13.3. The normalized spacial score (nSPS) is 24.3. The SMILES string of the molecule is CCCN(CC1CCCN1)CC1Cc2cc(F)ccc2O1. The summed E-state index contributed by atoms with van der Waals surface area (Å²) in [5.74, 6) is 0.690. The molecule has 1 fully saturated rings. The largest absolute Gasteiger partial charge is 0.488 e. The summed E-state index contributed by atoms with van der Waals surface area (Å²) < 4.78 is 19.2. The number of hydrogen-bond donors (Lipinski definition) is 1. The van der Waals surface area contributed by atoms with Gasteiger partial charge in [-0.2, -0.15) is 0 Å². The fourth-order valence-corrected chi connectivity index (χ4v) is 3.48. The van der Waals surface area contributed by atoms with Crippen LogP contribution in [0.5, 0.6) is 5.75 Å². The summed E-state index contributed by atoms with van der Waals surface area (Å²) in [4.78, 5) is 2.50. The van der Waals surface area contributed by atoms with Crippen molar-refractivity contribution in [3.8, 4) is 5.75 Å². The molecule has 0 aliphatic carbocycles. The van der Waals surface area contributed by atoms with Gasteiger partial charge in [-0.25, -0.2) is 4.39 Å². The summed E-state index contributed by atoms with van der Waals surface area (Å²) in [6.07, 6.45) is 4.70. The third-order valence-corrected chi connectivity index (χ3v) is 4.41. The van der Waals surface area contributed by atoms with Crippen LogP contribution in [0.1, 0.15) is 31.7 Å². The fraction of sp³-hybridized carbons (Fsp3) is 0.647. The summed E-state index contributed by atoms with van der Waals surface area (Å²) >= 11 is 0. The molecule has 1 saturated heterocycles. The van der Waals surface area contributed by atoms with Gasteiger partial charge in [-0.1, -0.05) is 6.92 Å². The first-order valence-electron chi connectivity index (χ1n) is 8.15. The molecule has 21 heavy (non-hydrogen) atoms. The number of halogens is 1. The van der Waals surface area contributed by atoms with Crippen molar-refractivity contribution in [2.24, 2.45) is 0 Å². The number of nitrogens with one attached hydrogen (secondary N) is 1. The minimum atomic E-state index is -0.168. The quantitative estimate of drug-likeness (QED) is 0.872. The monoisotopic (exact) mass is 292 g/mol. The lowest BCUT2D eigenvalue weighted by Gasteiger charge is -2.27. The molecule has 3 nitrogen and oxygen atoms in total. The Labute approximate surface area is 126 Å². The fourth-order valence-electron chi connectivity index (χ4n) is 3.48. The van der Waals surface area contributed by atoms with E-state index in [1.807, 2.05) is 0 Å². The highest BCUT2D eigenvalue weighted by molar-refractivity contribution is 5.37. The molecule has 2 aliphatic rings. The Balaban J connectivity index is 1.56. The number of fused-ring (bicyclic) bond motifs is 1. The van der Waals surface area contributed by atoms with Crippen LogP contribution in [0.25, 0.3) is 0 Å². The van der Waals surface area contributed by atoms with E-state index in [0.29, 0.717) is 6.04 Å². The smallest absolute Gasteiger partial charge is 0.123 e. The lowest BCUT2D eigenvalue weighted by Crippen LogP contribution is -2.42. The number of ether oxygens (including phenoxy) is 1. The van der Waals surface area contributed by atoms with E-state index >= 15 is 0 Å². The predicted octanol–water partition coefficient (Wildman–Crippen LogP) is 2.59. The maximum Gasteiger partial charge on any atom is 0.123 e. The Morgan fingerprint density at radius 2 is 2.29 bits per heavy atom. The second-order valence-corrected chi connectivity index (χ2v) is 6.25. The molecule has 116 valence electrons. The van der Waals surface area contributed by atoms with Crippen molar-refractivity contribution >= 4 is 0 Å². The second kappa shape index (κ2) is 6.75. The van der Waals surface area contributed by atoms with E-state index in [0.717, 1.165) is 50.3 Å². The van der Waals surface area contributed by atoms with Gasteiger partial charge >= 0.3 is 0 Å². The molecule has 1 aromatic carbocycles. The summed E-state index contributed by atoms with van der Waals surface area (Å²) in [7, 11) is 0. The number of nitrogens with zero attached hydrogens (tertiary/aromatic N) is 1. The van der Waals surface area contributed by atoms with Crippen LogP contribution in [-0.2, 0) is 6.42 Å². The molecule has 0 aromatic heterocycles. The molecular formula is C17H25FN2O. The summed E-state index contributed by atoms with van der Waals surface area (Å²) in [5, 5.41) is 3.56. The van der Waals surface area contributed by atoms with E-state index in [1.165, 1.54) is 18.9 Å². The maximum atomic E-state index is 13.3. The van der Waals surface area contributed by atoms with Crippen LogP contribution >= 0.6 is 0 Å². The molecule has 0 spiro atoms. The van der Waals surface area contributed by atoms with Gasteiger partial charge in [0, 0.05) is 31.1 Å². The predicted molar refractivity (Wildman–Crippen MR) is 82.3 cm³/mol. The Kier molecular flexibility index (Phi) is 4.76. The van der Waals surface area contributed by atoms with Crippen LogP contribution in [0.15, 0.2) is 18.2 Å². The van der Waals surface area contributed by atoms with Gasteiger partial charge < -0.3 is 10.1 Å². The van der Waals surface area contributed by atoms with Gasteiger partial charge in [-0.05, 0) is 50.6 Å². The standard InChI is InChI=1S/C17H25FN2O/c1-2-8-20(11-15-4-3-7-19-15)12-16-10-13-9-14(18)5-6-17(13)21-16/h5-6,9,15-16,19H,2-4,7-8,10-12H2,1H3. The molecule has 0 saturated carbocycles. The van der Waals surface area contributed by atoms with Crippen molar-refractivity contribution in [1.29, 1.82) is 0 Å². The lowest BCUT2D eigenvalue weighted by molar-refractivity contribution is 0.143. The van der Waals surface area contributed by atoms with Crippen LogP contribution in [0.4, 0.5) is 4.39 Å². The Morgan fingerprint density at radius 1 is 1.38 bits per heavy atom. The molecule has 4 heteroatoms. The summed E-state index contributed by atoms with van der Waals surface area (Å²) in [6, 6.07) is 5.47. The molecule has 1 N–H and O–H groups in total. The first-order chi connectivity index (χ1) is 10.2. The third kappa shape index (κ3) is 3.74. The van der Waals surface area contributed by atoms with Crippen LogP contribution in [0.3, 0.4) is 0 Å². The average molecular weight is 292 g/mol. The third-order valence-electron chi connectivity index (χ3n) is 4.41. The second-order valence-electron chi connectivity index (χ2n) is 6.25. The highest BCUT2D eigenvalue weighted by Crippen LogP contribution is 2.29. The zero-order chi connectivity index (χ0) is 14.7. The van der Waals surface area contributed by atoms with Crippen molar-refractivity contribution < 1.29 is 9.13 Å². The first-order valence-corrected chi connectivity index (χ1v) is 8.15.